The number of rotatable bonds is 4. The van der Waals surface area contributed by atoms with Crippen molar-refractivity contribution in [3.63, 3.8) is 0 Å². The molecule has 1 N–H and O–H groups in total. The maximum atomic E-state index is 12.4. The minimum Gasteiger partial charge on any atom is -0.325 e. The Morgan fingerprint density at radius 1 is 1.04 bits per heavy atom. The highest BCUT2D eigenvalue weighted by Crippen LogP contribution is 2.11. The van der Waals surface area contributed by atoms with Crippen LogP contribution < -0.4 is 16.9 Å². The number of aryl methyl sites for hydroxylation is 3. The van der Waals surface area contributed by atoms with Crippen molar-refractivity contribution in [2.45, 2.75) is 19.5 Å². The molecular formula is C17H18N6O3. The van der Waals surface area contributed by atoms with Crippen molar-refractivity contribution in [2.24, 2.45) is 14.1 Å². The molecule has 0 aliphatic heterocycles. The lowest BCUT2D eigenvalue weighted by Crippen LogP contribution is -2.37. The van der Waals surface area contributed by atoms with E-state index in [-0.39, 0.29) is 11.2 Å². The quantitative estimate of drug-likeness (QED) is 0.564. The van der Waals surface area contributed by atoms with Crippen LogP contribution in [0, 0.1) is 0 Å². The molecule has 0 bridgehead atoms. The Balaban J connectivity index is 1.65. The number of H-pyrrole nitrogens is 1. The Bertz CT molecular complexity index is 1300. The molecule has 0 saturated carbocycles. The first-order valence-corrected chi connectivity index (χ1v) is 8.27. The van der Waals surface area contributed by atoms with Crippen LogP contribution in [-0.4, -0.2) is 28.2 Å². The molecule has 0 aliphatic carbocycles. The smallest absolute Gasteiger partial charge is 0.325 e. The molecule has 0 aliphatic rings. The molecule has 0 unspecified atom stereocenters. The molecule has 0 radical (unpaired) electrons. The standard InChI is InChI=1S/C17H18N6O3/c1-20-14-13(15(24)21(2)17(20)26)22(10-18-14)8-5-9-23-12-7-4-3-6-11(12)19-16(23)25/h3-4,6-7,10H,5,8-9H2,1-2H3,(H,19,25). The van der Waals surface area contributed by atoms with Gasteiger partial charge in [0.15, 0.2) is 11.2 Å². The summed E-state index contributed by atoms with van der Waals surface area (Å²) in [6, 6.07) is 7.52. The number of aromatic nitrogens is 6. The Kier molecular flexibility index (Phi) is 3.64. The normalized spacial score (nSPS) is 11.6. The van der Waals surface area contributed by atoms with Gasteiger partial charge in [-0.1, -0.05) is 12.1 Å². The van der Waals surface area contributed by atoms with Crippen LogP contribution in [0.5, 0.6) is 0 Å². The Labute approximate surface area is 146 Å². The molecule has 26 heavy (non-hydrogen) atoms. The second kappa shape index (κ2) is 5.87. The molecule has 0 saturated heterocycles. The number of fused-ring (bicyclic) bond motifs is 2. The second-order valence-electron chi connectivity index (χ2n) is 6.27. The fraction of sp³-hybridized carbons (Fsp3) is 0.294. The van der Waals surface area contributed by atoms with Gasteiger partial charge in [0.05, 0.1) is 17.4 Å². The zero-order valence-electron chi connectivity index (χ0n) is 14.5. The summed E-state index contributed by atoms with van der Waals surface area (Å²) in [5.41, 5.74) is 1.48. The first-order chi connectivity index (χ1) is 12.5. The molecule has 0 spiro atoms. The third-order valence-corrected chi connectivity index (χ3v) is 4.68. The van der Waals surface area contributed by atoms with Gasteiger partial charge < -0.3 is 9.55 Å². The average molecular weight is 354 g/mol. The van der Waals surface area contributed by atoms with E-state index in [0.717, 1.165) is 15.6 Å². The third kappa shape index (κ3) is 2.32. The lowest BCUT2D eigenvalue weighted by molar-refractivity contribution is 0.568. The predicted octanol–water partition coefficient (Wildman–Crippen LogP) is 0.167. The number of nitrogens with zero attached hydrogens (tertiary/aromatic N) is 5. The van der Waals surface area contributed by atoms with Crippen molar-refractivity contribution in [1.82, 2.24) is 28.2 Å². The predicted molar refractivity (Wildman–Crippen MR) is 97.4 cm³/mol. The molecular weight excluding hydrogens is 336 g/mol. The van der Waals surface area contributed by atoms with Crippen LogP contribution in [0.15, 0.2) is 45.0 Å². The fourth-order valence-electron chi connectivity index (χ4n) is 3.29. The van der Waals surface area contributed by atoms with E-state index in [1.54, 1.807) is 22.5 Å². The SMILES string of the molecule is Cn1c(=O)c2c(ncn2CCCn2c(=O)[nH]c3ccccc32)n(C)c1=O. The van der Waals surface area contributed by atoms with Gasteiger partial charge in [0.25, 0.3) is 5.56 Å². The van der Waals surface area contributed by atoms with Crippen LogP contribution in [-0.2, 0) is 27.2 Å². The summed E-state index contributed by atoms with van der Waals surface area (Å²) in [6.07, 6.45) is 2.20. The highest BCUT2D eigenvalue weighted by molar-refractivity contribution is 5.74. The molecule has 0 fully saturated rings. The van der Waals surface area contributed by atoms with Gasteiger partial charge in [0.2, 0.25) is 0 Å². The van der Waals surface area contributed by atoms with E-state index in [9.17, 15) is 14.4 Å². The average Bonchev–Trinajstić information content (AvgIpc) is 3.19. The summed E-state index contributed by atoms with van der Waals surface area (Å²) in [5, 5.41) is 0. The van der Waals surface area contributed by atoms with Crippen molar-refractivity contribution >= 4 is 22.2 Å². The molecule has 1 aromatic carbocycles. The zero-order valence-corrected chi connectivity index (χ0v) is 14.5. The molecule has 134 valence electrons. The molecule has 4 aromatic rings. The largest absolute Gasteiger partial charge is 0.332 e. The van der Waals surface area contributed by atoms with E-state index >= 15 is 0 Å². The minimum atomic E-state index is -0.405. The van der Waals surface area contributed by atoms with Gasteiger partial charge in [0, 0.05) is 27.2 Å². The van der Waals surface area contributed by atoms with Crippen molar-refractivity contribution in [3.8, 4) is 0 Å². The number of hydrogen-bond donors (Lipinski definition) is 1. The van der Waals surface area contributed by atoms with Crippen molar-refractivity contribution in [3.05, 3.63) is 61.9 Å². The maximum absolute atomic E-state index is 12.4. The van der Waals surface area contributed by atoms with Gasteiger partial charge in [0.1, 0.15) is 0 Å². The van der Waals surface area contributed by atoms with Crippen LogP contribution in [0.25, 0.3) is 22.2 Å². The van der Waals surface area contributed by atoms with E-state index < -0.39 is 5.69 Å². The number of hydrogen-bond acceptors (Lipinski definition) is 4. The Hall–Kier alpha value is -3.36. The zero-order chi connectivity index (χ0) is 18.4. The Morgan fingerprint density at radius 2 is 1.81 bits per heavy atom. The molecule has 3 aromatic heterocycles. The van der Waals surface area contributed by atoms with E-state index in [1.807, 2.05) is 24.3 Å². The number of nitrogens with one attached hydrogen (secondary N) is 1. The van der Waals surface area contributed by atoms with Crippen LogP contribution in [0.3, 0.4) is 0 Å². The molecule has 4 rings (SSSR count). The number of para-hydroxylation sites is 2. The summed E-state index contributed by atoms with van der Waals surface area (Å²) in [5.74, 6) is 0. The van der Waals surface area contributed by atoms with Gasteiger partial charge in [-0.05, 0) is 18.6 Å². The van der Waals surface area contributed by atoms with E-state index in [0.29, 0.717) is 30.7 Å². The summed E-state index contributed by atoms with van der Waals surface area (Å²) < 4.78 is 5.85. The third-order valence-electron chi connectivity index (χ3n) is 4.68. The van der Waals surface area contributed by atoms with E-state index in [2.05, 4.69) is 9.97 Å². The Morgan fingerprint density at radius 3 is 2.62 bits per heavy atom. The summed E-state index contributed by atoms with van der Waals surface area (Å²) in [4.78, 5) is 43.6. The fourth-order valence-corrected chi connectivity index (χ4v) is 3.29. The summed E-state index contributed by atoms with van der Waals surface area (Å²) in [6.45, 7) is 1.02. The van der Waals surface area contributed by atoms with Crippen molar-refractivity contribution in [2.75, 3.05) is 0 Å². The number of benzene rings is 1. The molecule has 0 atom stereocenters. The van der Waals surface area contributed by atoms with E-state index in [4.69, 9.17) is 0 Å². The highest BCUT2D eigenvalue weighted by Gasteiger charge is 2.14. The van der Waals surface area contributed by atoms with Gasteiger partial charge in [-0.25, -0.2) is 14.6 Å². The minimum absolute atomic E-state index is 0.153. The topological polar surface area (TPSA) is 99.6 Å². The van der Waals surface area contributed by atoms with Gasteiger partial charge in [-0.3, -0.25) is 18.5 Å². The molecule has 9 nitrogen and oxygen atoms in total. The maximum Gasteiger partial charge on any atom is 0.332 e. The van der Waals surface area contributed by atoms with Gasteiger partial charge in [-0.15, -0.1) is 0 Å². The monoisotopic (exact) mass is 354 g/mol. The van der Waals surface area contributed by atoms with Crippen LogP contribution in [0.4, 0.5) is 0 Å². The lowest BCUT2D eigenvalue weighted by atomic mass is 10.3. The number of aromatic amines is 1. The molecule has 3 heterocycles. The summed E-state index contributed by atoms with van der Waals surface area (Å²) >= 11 is 0. The number of imidazole rings is 2. The van der Waals surface area contributed by atoms with Crippen LogP contribution in [0.1, 0.15) is 6.42 Å². The second-order valence-corrected chi connectivity index (χ2v) is 6.27. The van der Waals surface area contributed by atoms with Crippen molar-refractivity contribution in [1.29, 1.82) is 0 Å². The lowest BCUT2D eigenvalue weighted by Gasteiger charge is -2.07. The first kappa shape index (κ1) is 16.1. The van der Waals surface area contributed by atoms with Crippen LogP contribution >= 0.6 is 0 Å². The van der Waals surface area contributed by atoms with Crippen LogP contribution in [0.2, 0.25) is 0 Å². The molecule has 0 amide bonds. The van der Waals surface area contributed by atoms with E-state index in [1.165, 1.54) is 11.6 Å². The first-order valence-electron chi connectivity index (χ1n) is 8.27. The van der Waals surface area contributed by atoms with Crippen molar-refractivity contribution < 1.29 is 0 Å². The highest BCUT2D eigenvalue weighted by atomic mass is 16.2. The molecule has 9 heteroatoms. The summed E-state index contributed by atoms with van der Waals surface area (Å²) in [7, 11) is 3.04. The van der Waals surface area contributed by atoms with Gasteiger partial charge >= 0.3 is 11.4 Å². The van der Waals surface area contributed by atoms with Gasteiger partial charge in [-0.2, -0.15) is 0 Å².